The fraction of sp³-hybridized carbons (Fsp3) is 0.188. The number of carbonyl (C=O) groups is 1. The second kappa shape index (κ2) is 7.61. The maximum Gasteiger partial charge on any atom is 0.340 e. The smallest absolute Gasteiger partial charge is 0.340 e. The molecule has 0 aliphatic heterocycles. The van der Waals surface area contributed by atoms with Crippen LogP contribution >= 0.6 is 31.9 Å². The number of hydrogen-bond donors (Lipinski definition) is 1. The van der Waals surface area contributed by atoms with Gasteiger partial charge >= 0.3 is 5.97 Å². The predicted molar refractivity (Wildman–Crippen MR) is 91.8 cm³/mol. The van der Waals surface area contributed by atoms with Crippen molar-refractivity contribution in [3.8, 4) is 0 Å². The number of benzene rings is 2. The molecular weight excluding hydrogens is 398 g/mol. The fourth-order valence-electron chi connectivity index (χ4n) is 2.00. The third-order valence-electron chi connectivity index (χ3n) is 3.02. The van der Waals surface area contributed by atoms with Crippen molar-refractivity contribution >= 4 is 43.5 Å². The van der Waals surface area contributed by atoms with E-state index < -0.39 is 0 Å². The first-order valence-electron chi connectivity index (χ1n) is 6.47. The average Bonchev–Trinajstić information content (AvgIpc) is 2.49. The summed E-state index contributed by atoms with van der Waals surface area (Å²) in [6.45, 7) is 0.730. The molecule has 5 heteroatoms. The summed E-state index contributed by atoms with van der Waals surface area (Å²) in [5, 5.41) is 3.30. The lowest BCUT2D eigenvalue weighted by atomic mass is 10.1. The number of anilines is 1. The van der Waals surface area contributed by atoms with E-state index in [1.54, 1.807) is 6.07 Å². The van der Waals surface area contributed by atoms with Crippen LogP contribution in [-0.4, -0.2) is 19.6 Å². The lowest BCUT2D eigenvalue weighted by molar-refractivity contribution is 0.0601. The highest BCUT2D eigenvalue weighted by molar-refractivity contribution is 9.11. The highest BCUT2D eigenvalue weighted by atomic mass is 79.9. The number of carbonyl (C=O) groups excluding carboxylic acids is 1. The molecule has 110 valence electrons. The molecule has 2 aromatic carbocycles. The Kier molecular flexibility index (Phi) is 5.82. The van der Waals surface area contributed by atoms with Crippen molar-refractivity contribution in [1.82, 2.24) is 0 Å². The van der Waals surface area contributed by atoms with Gasteiger partial charge in [-0.3, -0.25) is 0 Å². The number of hydrogen-bond acceptors (Lipinski definition) is 3. The quantitative estimate of drug-likeness (QED) is 0.726. The van der Waals surface area contributed by atoms with E-state index in [1.165, 1.54) is 12.7 Å². The maximum absolute atomic E-state index is 11.9. The molecule has 2 rings (SSSR count). The molecule has 0 radical (unpaired) electrons. The Morgan fingerprint density at radius 2 is 1.90 bits per heavy atom. The standard InChI is InChI=1S/C16H15Br2NO2/c1-21-16(20)13-9-12(17)10-14(18)15(13)19-8-7-11-5-3-2-4-6-11/h2-6,9-10,19H,7-8H2,1H3. The van der Waals surface area contributed by atoms with Gasteiger partial charge in [-0.2, -0.15) is 0 Å². The zero-order valence-electron chi connectivity index (χ0n) is 11.5. The summed E-state index contributed by atoms with van der Waals surface area (Å²) in [4.78, 5) is 11.9. The van der Waals surface area contributed by atoms with Crippen molar-refractivity contribution in [1.29, 1.82) is 0 Å². The van der Waals surface area contributed by atoms with Crippen LogP contribution in [0, 0.1) is 0 Å². The minimum absolute atomic E-state index is 0.362. The second-order valence-electron chi connectivity index (χ2n) is 4.46. The van der Waals surface area contributed by atoms with Crippen LogP contribution in [0.5, 0.6) is 0 Å². The number of halogens is 2. The summed E-state index contributed by atoms with van der Waals surface area (Å²) in [7, 11) is 1.38. The Morgan fingerprint density at radius 1 is 1.19 bits per heavy atom. The Hall–Kier alpha value is -1.33. The van der Waals surface area contributed by atoms with Crippen LogP contribution in [0.15, 0.2) is 51.4 Å². The molecule has 21 heavy (non-hydrogen) atoms. The molecule has 0 atom stereocenters. The van der Waals surface area contributed by atoms with Crippen molar-refractivity contribution < 1.29 is 9.53 Å². The summed E-state index contributed by atoms with van der Waals surface area (Å²) in [5.41, 5.74) is 2.51. The Morgan fingerprint density at radius 3 is 2.57 bits per heavy atom. The zero-order chi connectivity index (χ0) is 15.2. The van der Waals surface area contributed by atoms with Crippen molar-refractivity contribution in [2.75, 3.05) is 19.0 Å². The number of esters is 1. The van der Waals surface area contributed by atoms with Crippen LogP contribution in [0.4, 0.5) is 5.69 Å². The van der Waals surface area contributed by atoms with Crippen LogP contribution in [-0.2, 0) is 11.2 Å². The Labute approximate surface area is 141 Å². The molecule has 3 nitrogen and oxygen atoms in total. The number of ether oxygens (including phenoxy) is 1. The fourth-order valence-corrected chi connectivity index (χ4v) is 3.37. The van der Waals surface area contributed by atoms with E-state index in [2.05, 4.69) is 49.3 Å². The van der Waals surface area contributed by atoms with Gasteiger partial charge < -0.3 is 10.1 Å². The van der Waals surface area contributed by atoms with E-state index in [0.29, 0.717) is 5.56 Å². The first-order chi connectivity index (χ1) is 10.1. The summed E-state index contributed by atoms with van der Waals surface area (Å²) >= 11 is 6.87. The van der Waals surface area contributed by atoms with Crippen LogP contribution in [0.2, 0.25) is 0 Å². The van der Waals surface area contributed by atoms with Gasteiger partial charge in [0.05, 0.1) is 18.4 Å². The van der Waals surface area contributed by atoms with Gasteiger partial charge in [-0.05, 0) is 40.0 Å². The van der Waals surface area contributed by atoms with Crippen LogP contribution in [0.25, 0.3) is 0 Å². The monoisotopic (exact) mass is 411 g/mol. The highest BCUT2D eigenvalue weighted by Crippen LogP contribution is 2.31. The number of nitrogens with one attached hydrogen (secondary N) is 1. The van der Waals surface area contributed by atoms with Gasteiger partial charge in [0, 0.05) is 15.5 Å². The first-order valence-corrected chi connectivity index (χ1v) is 8.05. The van der Waals surface area contributed by atoms with E-state index in [9.17, 15) is 4.79 Å². The summed E-state index contributed by atoms with van der Waals surface area (Å²) in [5.74, 6) is -0.362. The minimum Gasteiger partial charge on any atom is -0.465 e. The molecule has 0 aliphatic rings. The van der Waals surface area contributed by atoms with Crippen LogP contribution in [0.1, 0.15) is 15.9 Å². The van der Waals surface area contributed by atoms with Crippen LogP contribution in [0.3, 0.4) is 0 Å². The van der Waals surface area contributed by atoms with Gasteiger partial charge in [0.2, 0.25) is 0 Å². The van der Waals surface area contributed by atoms with Crippen molar-refractivity contribution in [2.24, 2.45) is 0 Å². The lowest BCUT2D eigenvalue weighted by Crippen LogP contribution is -2.11. The van der Waals surface area contributed by atoms with E-state index in [-0.39, 0.29) is 5.97 Å². The van der Waals surface area contributed by atoms with Gasteiger partial charge in [-0.1, -0.05) is 46.3 Å². The van der Waals surface area contributed by atoms with E-state index in [1.807, 2.05) is 24.3 Å². The third kappa shape index (κ3) is 4.32. The van der Waals surface area contributed by atoms with Crippen molar-refractivity contribution in [3.63, 3.8) is 0 Å². The molecule has 0 amide bonds. The molecule has 0 fully saturated rings. The van der Waals surface area contributed by atoms with Crippen molar-refractivity contribution in [3.05, 3.63) is 62.5 Å². The highest BCUT2D eigenvalue weighted by Gasteiger charge is 2.15. The van der Waals surface area contributed by atoms with Gasteiger partial charge in [0.1, 0.15) is 0 Å². The van der Waals surface area contributed by atoms with Crippen LogP contribution < -0.4 is 5.32 Å². The molecule has 0 aliphatic carbocycles. The molecule has 0 heterocycles. The minimum atomic E-state index is -0.362. The molecule has 0 saturated carbocycles. The largest absolute Gasteiger partial charge is 0.465 e. The predicted octanol–water partition coefficient (Wildman–Crippen LogP) is 4.65. The maximum atomic E-state index is 11.9. The Balaban J connectivity index is 2.13. The second-order valence-corrected chi connectivity index (χ2v) is 6.23. The molecule has 0 saturated heterocycles. The molecule has 0 unspecified atom stereocenters. The molecule has 0 aromatic heterocycles. The topological polar surface area (TPSA) is 38.3 Å². The number of methoxy groups -OCH3 is 1. The average molecular weight is 413 g/mol. The van der Waals surface area contributed by atoms with Gasteiger partial charge in [0.25, 0.3) is 0 Å². The molecule has 0 spiro atoms. The molecule has 2 aromatic rings. The van der Waals surface area contributed by atoms with Crippen molar-refractivity contribution in [2.45, 2.75) is 6.42 Å². The Bertz CT molecular complexity index is 630. The normalized spacial score (nSPS) is 10.2. The van der Waals surface area contributed by atoms with Gasteiger partial charge in [0.15, 0.2) is 0 Å². The summed E-state index contributed by atoms with van der Waals surface area (Å²) < 4.78 is 6.48. The third-order valence-corrected chi connectivity index (χ3v) is 4.10. The molecule has 0 bridgehead atoms. The van der Waals surface area contributed by atoms with E-state index in [0.717, 1.165) is 27.6 Å². The van der Waals surface area contributed by atoms with E-state index >= 15 is 0 Å². The molecule has 1 N–H and O–H groups in total. The zero-order valence-corrected chi connectivity index (χ0v) is 14.7. The first kappa shape index (κ1) is 16.0. The lowest BCUT2D eigenvalue weighted by Gasteiger charge is -2.13. The number of rotatable bonds is 5. The summed E-state index contributed by atoms with van der Waals surface area (Å²) in [6, 6.07) is 13.9. The summed E-state index contributed by atoms with van der Waals surface area (Å²) in [6.07, 6.45) is 0.879. The molecular formula is C16H15Br2NO2. The van der Waals surface area contributed by atoms with E-state index in [4.69, 9.17) is 4.74 Å². The van der Waals surface area contributed by atoms with Gasteiger partial charge in [-0.25, -0.2) is 4.79 Å². The van der Waals surface area contributed by atoms with Gasteiger partial charge in [-0.15, -0.1) is 0 Å². The SMILES string of the molecule is COC(=O)c1cc(Br)cc(Br)c1NCCc1ccccc1.